The summed E-state index contributed by atoms with van der Waals surface area (Å²) in [6, 6.07) is 0.623. The Labute approximate surface area is 101 Å². The third-order valence-corrected chi connectivity index (χ3v) is 2.68. The number of hydrogen-bond donors (Lipinski definition) is 1. The summed E-state index contributed by atoms with van der Waals surface area (Å²) < 4.78 is 10.9. The molecule has 0 radical (unpaired) electrons. The Morgan fingerprint density at radius 3 is 2.12 bits per heavy atom. The summed E-state index contributed by atoms with van der Waals surface area (Å²) in [6.45, 7) is 7.61. The highest BCUT2D eigenvalue weighted by Gasteiger charge is 1.97. The molecule has 0 amide bonds. The molecule has 0 aromatic carbocycles. The van der Waals surface area contributed by atoms with Crippen molar-refractivity contribution >= 4 is 0 Å². The average molecular weight is 231 g/mol. The van der Waals surface area contributed by atoms with Crippen molar-refractivity contribution in [3.63, 3.8) is 0 Å². The van der Waals surface area contributed by atoms with Gasteiger partial charge in [0, 0.05) is 19.3 Å². The van der Waals surface area contributed by atoms with Crippen LogP contribution in [0.3, 0.4) is 0 Å². The maximum atomic E-state index is 5.48. The second-order valence-electron chi connectivity index (χ2n) is 4.26. The zero-order valence-corrected chi connectivity index (χ0v) is 11.3. The molecule has 0 spiro atoms. The van der Waals surface area contributed by atoms with Crippen LogP contribution in [-0.2, 0) is 9.47 Å². The minimum atomic E-state index is 0.623. The van der Waals surface area contributed by atoms with Gasteiger partial charge in [-0.1, -0.05) is 13.3 Å². The molecule has 1 unspecified atom stereocenters. The van der Waals surface area contributed by atoms with Gasteiger partial charge in [-0.05, 0) is 39.7 Å². The highest BCUT2D eigenvalue weighted by molar-refractivity contribution is 4.56. The molecule has 3 heteroatoms. The van der Waals surface area contributed by atoms with E-state index in [-0.39, 0.29) is 0 Å². The Kier molecular flexibility index (Phi) is 12.9. The Hall–Kier alpha value is -0.120. The summed E-state index contributed by atoms with van der Waals surface area (Å²) >= 11 is 0. The van der Waals surface area contributed by atoms with E-state index in [2.05, 4.69) is 19.2 Å². The maximum Gasteiger partial charge on any atom is 0.0700 e. The predicted molar refractivity (Wildman–Crippen MR) is 68.9 cm³/mol. The number of rotatable bonds is 12. The molecule has 0 saturated carbocycles. The van der Waals surface area contributed by atoms with Crippen LogP contribution in [0.1, 0.15) is 46.0 Å². The van der Waals surface area contributed by atoms with E-state index in [0.29, 0.717) is 6.04 Å². The van der Waals surface area contributed by atoms with E-state index >= 15 is 0 Å². The fourth-order valence-corrected chi connectivity index (χ4v) is 1.37. The topological polar surface area (TPSA) is 30.5 Å². The van der Waals surface area contributed by atoms with Gasteiger partial charge < -0.3 is 14.8 Å². The zero-order chi connectivity index (χ0) is 12.1. The summed E-state index contributed by atoms with van der Waals surface area (Å²) in [7, 11) is 2.01. The molecule has 3 nitrogen and oxygen atoms in total. The lowest BCUT2D eigenvalue weighted by Crippen LogP contribution is -2.20. The Bertz CT molecular complexity index is 131. The maximum absolute atomic E-state index is 5.48. The first kappa shape index (κ1) is 15.9. The summed E-state index contributed by atoms with van der Waals surface area (Å²) in [5.74, 6) is 0. The first-order chi connectivity index (χ1) is 7.81. The first-order valence-corrected chi connectivity index (χ1v) is 6.64. The van der Waals surface area contributed by atoms with Gasteiger partial charge >= 0.3 is 0 Å². The molecule has 0 aliphatic heterocycles. The second-order valence-corrected chi connectivity index (χ2v) is 4.26. The molecule has 0 fully saturated rings. The minimum Gasteiger partial charge on any atom is -0.379 e. The third-order valence-electron chi connectivity index (χ3n) is 2.68. The van der Waals surface area contributed by atoms with Crippen molar-refractivity contribution in [1.82, 2.24) is 5.32 Å². The molecular formula is C13H29NO2. The van der Waals surface area contributed by atoms with Crippen molar-refractivity contribution in [2.45, 2.75) is 52.0 Å². The van der Waals surface area contributed by atoms with Crippen molar-refractivity contribution in [2.75, 3.05) is 33.5 Å². The van der Waals surface area contributed by atoms with Gasteiger partial charge in [0.1, 0.15) is 0 Å². The number of ether oxygens (including phenoxy) is 2. The zero-order valence-electron chi connectivity index (χ0n) is 11.3. The molecule has 0 saturated heterocycles. The van der Waals surface area contributed by atoms with Crippen molar-refractivity contribution in [1.29, 1.82) is 0 Å². The Morgan fingerprint density at radius 2 is 1.56 bits per heavy atom. The third kappa shape index (κ3) is 12.0. The predicted octanol–water partition coefficient (Wildman–Crippen LogP) is 2.60. The summed E-state index contributed by atoms with van der Waals surface area (Å²) in [5.41, 5.74) is 0. The largest absolute Gasteiger partial charge is 0.379 e. The fourth-order valence-electron chi connectivity index (χ4n) is 1.37. The van der Waals surface area contributed by atoms with E-state index in [1.807, 2.05) is 7.05 Å². The standard InChI is InChI=1S/C13H29NO2/c1-4-5-9-15-11-12-16-10-7-6-8-13(2)14-3/h13-14H,4-12H2,1-3H3. The quantitative estimate of drug-likeness (QED) is 0.524. The highest BCUT2D eigenvalue weighted by Crippen LogP contribution is 2.00. The van der Waals surface area contributed by atoms with Gasteiger partial charge in [-0.2, -0.15) is 0 Å². The van der Waals surface area contributed by atoms with Crippen LogP contribution in [0, 0.1) is 0 Å². The van der Waals surface area contributed by atoms with Crippen molar-refractivity contribution in [3.8, 4) is 0 Å². The molecule has 0 rings (SSSR count). The molecule has 0 aliphatic rings. The molecule has 98 valence electrons. The average Bonchev–Trinajstić information content (AvgIpc) is 2.31. The van der Waals surface area contributed by atoms with Gasteiger partial charge in [0.05, 0.1) is 13.2 Å². The van der Waals surface area contributed by atoms with Crippen molar-refractivity contribution in [2.24, 2.45) is 0 Å². The van der Waals surface area contributed by atoms with E-state index in [0.717, 1.165) is 39.3 Å². The van der Waals surface area contributed by atoms with E-state index in [1.165, 1.54) is 19.3 Å². The van der Waals surface area contributed by atoms with E-state index in [4.69, 9.17) is 9.47 Å². The fraction of sp³-hybridized carbons (Fsp3) is 1.00. The molecule has 1 N–H and O–H groups in total. The smallest absolute Gasteiger partial charge is 0.0700 e. The van der Waals surface area contributed by atoms with Crippen LogP contribution in [0.15, 0.2) is 0 Å². The van der Waals surface area contributed by atoms with Gasteiger partial charge in [-0.15, -0.1) is 0 Å². The van der Waals surface area contributed by atoms with Crippen LogP contribution in [0.25, 0.3) is 0 Å². The van der Waals surface area contributed by atoms with Crippen LogP contribution in [0.4, 0.5) is 0 Å². The second kappa shape index (κ2) is 12.9. The van der Waals surface area contributed by atoms with Gasteiger partial charge in [0.15, 0.2) is 0 Å². The molecule has 1 atom stereocenters. The molecule has 0 heterocycles. The molecule has 16 heavy (non-hydrogen) atoms. The molecule has 0 aromatic heterocycles. The van der Waals surface area contributed by atoms with Crippen LogP contribution >= 0.6 is 0 Å². The monoisotopic (exact) mass is 231 g/mol. The summed E-state index contributed by atoms with van der Waals surface area (Å²) in [5, 5.41) is 3.23. The lowest BCUT2D eigenvalue weighted by atomic mass is 10.1. The summed E-state index contributed by atoms with van der Waals surface area (Å²) in [6.07, 6.45) is 5.97. The van der Waals surface area contributed by atoms with Gasteiger partial charge in [0.2, 0.25) is 0 Å². The van der Waals surface area contributed by atoms with Gasteiger partial charge in [0.25, 0.3) is 0 Å². The number of nitrogens with one attached hydrogen (secondary N) is 1. The van der Waals surface area contributed by atoms with E-state index in [9.17, 15) is 0 Å². The molecule has 0 bridgehead atoms. The lowest BCUT2D eigenvalue weighted by molar-refractivity contribution is 0.0452. The molecule has 0 aromatic rings. The van der Waals surface area contributed by atoms with Crippen LogP contribution in [-0.4, -0.2) is 39.5 Å². The SMILES string of the molecule is CCCCOCCOCCCCC(C)NC. The normalized spacial score (nSPS) is 12.9. The first-order valence-electron chi connectivity index (χ1n) is 6.64. The number of hydrogen-bond acceptors (Lipinski definition) is 3. The van der Waals surface area contributed by atoms with Crippen molar-refractivity contribution in [3.05, 3.63) is 0 Å². The van der Waals surface area contributed by atoms with E-state index < -0.39 is 0 Å². The number of unbranched alkanes of at least 4 members (excludes halogenated alkanes) is 2. The molecular weight excluding hydrogens is 202 g/mol. The van der Waals surface area contributed by atoms with Crippen LogP contribution in [0.2, 0.25) is 0 Å². The van der Waals surface area contributed by atoms with E-state index in [1.54, 1.807) is 0 Å². The van der Waals surface area contributed by atoms with Gasteiger partial charge in [-0.25, -0.2) is 0 Å². The van der Waals surface area contributed by atoms with Crippen LogP contribution < -0.4 is 5.32 Å². The van der Waals surface area contributed by atoms with Crippen LogP contribution in [0.5, 0.6) is 0 Å². The Balaban J connectivity index is 2.93. The minimum absolute atomic E-state index is 0.623. The van der Waals surface area contributed by atoms with Crippen molar-refractivity contribution < 1.29 is 9.47 Å². The molecule has 0 aliphatic carbocycles. The lowest BCUT2D eigenvalue weighted by Gasteiger charge is -2.09. The highest BCUT2D eigenvalue weighted by atomic mass is 16.5. The summed E-state index contributed by atoms with van der Waals surface area (Å²) in [4.78, 5) is 0. The van der Waals surface area contributed by atoms with Gasteiger partial charge in [-0.3, -0.25) is 0 Å². The Morgan fingerprint density at radius 1 is 0.938 bits per heavy atom.